The topological polar surface area (TPSA) is 75.7 Å². The van der Waals surface area contributed by atoms with Crippen molar-refractivity contribution in [1.82, 2.24) is 4.90 Å². The molecule has 0 aliphatic carbocycles. The second kappa shape index (κ2) is 10.4. The smallest absolute Gasteiger partial charge is 0.339 e. The largest absolute Gasteiger partial charge is 0.452 e. The molecule has 164 valence electrons. The van der Waals surface area contributed by atoms with Crippen molar-refractivity contribution in [3.05, 3.63) is 89.5 Å². The molecule has 32 heavy (non-hydrogen) atoms. The summed E-state index contributed by atoms with van der Waals surface area (Å²) in [7, 11) is 1.50. The monoisotopic (exact) mass is 430 g/mol. The van der Waals surface area contributed by atoms with Gasteiger partial charge in [-0.25, -0.2) is 4.79 Å². The van der Waals surface area contributed by atoms with Crippen LogP contribution in [0.4, 0.5) is 5.69 Å². The van der Waals surface area contributed by atoms with Crippen LogP contribution < -0.4 is 5.32 Å². The summed E-state index contributed by atoms with van der Waals surface area (Å²) in [5.74, 6) is -1.38. The molecule has 0 atom stereocenters. The highest BCUT2D eigenvalue weighted by Gasteiger charge is 2.18. The molecular weight excluding hydrogens is 404 g/mol. The Morgan fingerprint density at radius 3 is 2.16 bits per heavy atom. The van der Waals surface area contributed by atoms with Gasteiger partial charge in [0.2, 0.25) is 5.91 Å². The zero-order chi connectivity index (χ0) is 23.1. The number of hydrogen-bond donors (Lipinski definition) is 1. The lowest BCUT2D eigenvalue weighted by Crippen LogP contribution is -2.37. The summed E-state index contributed by atoms with van der Waals surface area (Å²) in [5, 5.41) is 2.84. The van der Waals surface area contributed by atoms with Gasteiger partial charge in [-0.05, 0) is 42.2 Å². The number of aryl methyl sites for hydroxylation is 2. The van der Waals surface area contributed by atoms with Crippen LogP contribution in [-0.2, 0) is 14.3 Å². The summed E-state index contributed by atoms with van der Waals surface area (Å²) in [5.41, 5.74) is 4.61. The van der Waals surface area contributed by atoms with Gasteiger partial charge >= 0.3 is 5.97 Å². The van der Waals surface area contributed by atoms with Crippen LogP contribution in [0.25, 0.3) is 11.1 Å². The summed E-state index contributed by atoms with van der Waals surface area (Å²) < 4.78 is 5.25. The van der Waals surface area contributed by atoms with E-state index in [1.165, 1.54) is 11.9 Å². The van der Waals surface area contributed by atoms with Gasteiger partial charge in [-0.15, -0.1) is 0 Å². The van der Waals surface area contributed by atoms with Crippen molar-refractivity contribution in [2.75, 3.05) is 25.5 Å². The molecule has 3 rings (SSSR count). The zero-order valence-corrected chi connectivity index (χ0v) is 18.4. The van der Waals surface area contributed by atoms with E-state index in [1.54, 1.807) is 12.1 Å². The minimum atomic E-state index is -0.591. The molecule has 0 fully saturated rings. The van der Waals surface area contributed by atoms with Gasteiger partial charge in [-0.3, -0.25) is 9.59 Å². The molecule has 0 heterocycles. The van der Waals surface area contributed by atoms with Crippen LogP contribution in [0.15, 0.2) is 72.8 Å². The zero-order valence-electron chi connectivity index (χ0n) is 18.4. The normalized spacial score (nSPS) is 10.3. The minimum absolute atomic E-state index is 0.148. The number of ether oxygens (including phenoxy) is 1. The van der Waals surface area contributed by atoms with Crippen molar-refractivity contribution >= 4 is 23.5 Å². The van der Waals surface area contributed by atoms with Crippen molar-refractivity contribution in [2.45, 2.75) is 13.8 Å². The van der Waals surface area contributed by atoms with E-state index in [1.807, 2.05) is 74.5 Å². The molecule has 6 heteroatoms. The molecule has 0 bridgehead atoms. The average molecular weight is 431 g/mol. The van der Waals surface area contributed by atoms with Crippen LogP contribution >= 0.6 is 0 Å². The Balaban J connectivity index is 1.58. The number of hydrogen-bond acceptors (Lipinski definition) is 4. The van der Waals surface area contributed by atoms with Gasteiger partial charge in [-0.1, -0.05) is 66.7 Å². The predicted molar refractivity (Wildman–Crippen MR) is 124 cm³/mol. The Kier molecular flexibility index (Phi) is 7.39. The highest BCUT2D eigenvalue weighted by Crippen LogP contribution is 2.24. The van der Waals surface area contributed by atoms with Crippen molar-refractivity contribution < 1.29 is 19.1 Å². The van der Waals surface area contributed by atoms with E-state index in [0.29, 0.717) is 5.56 Å². The molecular formula is C26H26N2O4. The van der Waals surface area contributed by atoms with Gasteiger partial charge in [0.1, 0.15) is 0 Å². The Morgan fingerprint density at radius 2 is 1.47 bits per heavy atom. The third-order valence-corrected chi connectivity index (χ3v) is 5.11. The number of nitrogens with one attached hydrogen (secondary N) is 1. The Bertz CT molecular complexity index is 1110. The number of para-hydroxylation sites is 1. The Labute approximate surface area is 187 Å². The van der Waals surface area contributed by atoms with Gasteiger partial charge in [-0.2, -0.15) is 0 Å². The summed E-state index contributed by atoms with van der Waals surface area (Å²) in [6.45, 7) is 3.22. The van der Waals surface area contributed by atoms with Crippen LogP contribution in [0.1, 0.15) is 21.5 Å². The van der Waals surface area contributed by atoms with E-state index in [2.05, 4.69) is 5.32 Å². The number of amides is 2. The fraction of sp³-hybridized carbons (Fsp3) is 0.192. The fourth-order valence-corrected chi connectivity index (χ4v) is 3.34. The highest BCUT2D eigenvalue weighted by atomic mass is 16.5. The van der Waals surface area contributed by atoms with Crippen molar-refractivity contribution in [3.8, 4) is 11.1 Å². The predicted octanol–water partition coefficient (Wildman–Crippen LogP) is 4.22. The third kappa shape index (κ3) is 5.60. The van der Waals surface area contributed by atoms with Crippen molar-refractivity contribution in [2.24, 2.45) is 0 Å². The molecule has 2 amide bonds. The van der Waals surface area contributed by atoms with E-state index in [4.69, 9.17) is 4.74 Å². The molecule has 0 spiro atoms. The standard InChI is InChI=1S/C26H26N2O4/c1-18-10-9-11-19(2)25(18)27-23(29)16-28(3)24(30)17-32-26(31)22-15-8-7-14-21(22)20-12-5-4-6-13-20/h4-15H,16-17H2,1-3H3,(H,27,29). The minimum Gasteiger partial charge on any atom is -0.452 e. The first-order chi connectivity index (χ1) is 15.4. The molecule has 0 unspecified atom stereocenters. The van der Waals surface area contributed by atoms with Gasteiger partial charge in [0.05, 0.1) is 12.1 Å². The Morgan fingerprint density at radius 1 is 0.844 bits per heavy atom. The number of rotatable bonds is 7. The number of esters is 1. The van der Waals surface area contributed by atoms with E-state index in [-0.39, 0.29) is 12.5 Å². The summed E-state index contributed by atoms with van der Waals surface area (Å²) >= 11 is 0. The number of benzene rings is 3. The molecule has 0 saturated heterocycles. The number of carbonyl (C=O) groups excluding carboxylic acids is 3. The average Bonchev–Trinajstić information content (AvgIpc) is 2.80. The molecule has 0 aliphatic heterocycles. The highest BCUT2D eigenvalue weighted by molar-refractivity contribution is 5.99. The molecule has 1 N–H and O–H groups in total. The van der Waals surface area contributed by atoms with Gasteiger partial charge in [0.15, 0.2) is 6.61 Å². The van der Waals surface area contributed by atoms with E-state index in [0.717, 1.165) is 27.9 Å². The van der Waals surface area contributed by atoms with Crippen LogP contribution in [0, 0.1) is 13.8 Å². The van der Waals surface area contributed by atoms with Crippen LogP contribution in [0.2, 0.25) is 0 Å². The quantitative estimate of drug-likeness (QED) is 0.570. The van der Waals surface area contributed by atoms with Crippen molar-refractivity contribution in [1.29, 1.82) is 0 Å². The van der Waals surface area contributed by atoms with Crippen LogP contribution in [0.3, 0.4) is 0 Å². The maximum absolute atomic E-state index is 12.6. The Hall–Kier alpha value is -3.93. The first-order valence-corrected chi connectivity index (χ1v) is 10.3. The maximum atomic E-state index is 12.6. The summed E-state index contributed by atoms with van der Waals surface area (Å²) in [6, 6.07) is 22.3. The second-order valence-corrected chi connectivity index (χ2v) is 7.55. The van der Waals surface area contributed by atoms with Crippen LogP contribution in [-0.4, -0.2) is 42.9 Å². The van der Waals surface area contributed by atoms with Crippen LogP contribution in [0.5, 0.6) is 0 Å². The SMILES string of the molecule is Cc1cccc(C)c1NC(=O)CN(C)C(=O)COC(=O)c1ccccc1-c1ccccc1. The number of nitrogens with zero attached hydrogens (tertiary/aromatic N) is 1. The molecule has 0 saturated carbocycles. The number of carbonyl (C=O) groups is 3. The van der Waals surface area contributed by atoms with E-state index < -0.39 is 18.5 Å². The van der Waals surface area contributed by atoms with E-state index >= 15 is 0 Å². The first kappa shape index (κ1) is 22.7. The molecule has 0 radical (unpaired) electrons. The lowest BCUT2D eigenvalue weighted by Gasteiger charge is -2.18. The van der Waals surface area contributed by atoms with Gasteiger partial charge < -0.3 is 15.0 Å². The first-order valence-electron chi connectivity index (χ1n) is 10.3. The molecule has 3 aromatic rings. The summed E-state index contributed by atoms with van der Waals surface area (Å²) in [4.78, 5) is 38.7. The van der Waals surface area contributed by atoms with Gasteiger partial charge in [0, 0.05) is 12.7 Å². The lowest BCUT2D eigenvalue weighted by molar-refractivity contribution is -0.136. The molecule has 0 aliphatic rings. The fourth-order valence-electron chi connectivity index (χ4n) is 3.34. The number of likely N-dealkylation sites (N-methyl/N-ethyl adjacent to an activating group) is 1. The molecule has 3 aromatic carbocycles. The summed E-state index contributed by atoms with van der Waals surface area (Å²) in [6.07, 6.45) is 0. The second-order valence-electron chi connectivity index (χ2n) is 7.55. The number of anilines is 1. The third-order valence-electron chi connectivity index (χ3n) is 5.11. The lowest BCUT2D eigenvalue weighted by atomic mass is 10.00. The molecule has 0 aromatic heterocycles. The molecule has 6 nitrogen and oxygen atoms in total. The van der Waals surface area contributed by atoms with E-state index in [9.17, 15) is 14.4 Å². The van der Waals surface area contributed by atoms with Gasteiger partial charge in [0.25, 0.3) is 5.91 Å². The maximum Gasteiger partial charge on any atom is 0.339 e. The van der Waals surface area contributed by atoms with Crippen molar-refractivity contribution in [3.63, 3.8) is 0 Å².